The monoisotopic (exact) mass is 284 g/mol. The fraction of sp³-hybridized carbons (Fsp3) is 0.353. The average molecular weight is 284 g/mol. The molecular formula is C17H20N2S. The topological polar surface area (TPSA) is 24.4 Å². The van der Waals surface area contributed by atoms with Crippen molar-refractivity contribution in [1.82, 2.24) is 5.32 Å². The molecule has 0 unspecified atom stereocenters. The number of rotatable bonds is 2. The maximum atomic E-state index is 4.77. The lowest BCUT2D eigenvalue weighted by Gasteiger charge is -2.32. The fourth-order valence-electron chi connectivity index (χ4n) is 2.46. The number of hydrogen-bond donors (Lipinski definition) is 1. The SMILES string of the molecule is CC1(C)CCSC(=NCc2cccc3ccccc23)N1. The van der Waals surface area contributed by atoms with E-state index in [0.717, 1.165) is 17.5 Å². The first-order chi connectivity index (χ1) is 9.64. The Kier molecular flexibility index (Phi) is 3.70. The van der Waals surface area contributed by atoms with Crippen LogP contribution in [-0.4, -0.2) is 16.5 Å². The summed E-state index contributed by atoms with van der Waals surface area (Å²) in [5.41, 5.74) is 1.46. The van der Waals surface area contributed by atoms with Crippen molar-refractivity contribution in [1.29, 1.82) is 0 Å². The maximum absolute atomic E-state index is 4.77. The van der Waals surface area contributed by atoms with E-state index < -0.39 is 0 Å². The summed E-state index contributed by atoms with van der Waals surface area (Å²) in [6.07, 6.45) is 1.19. The van der Waals surface area contributed by atoms with Crippen LogP contribution in [0.25, 0.3) is 10.8 Å². The first kappa shape index (κ1) is 13.5. The normalized spacial score (nSPS) is 20.0. The van der Waals surface area contributed by atoms with Crippen molar-refractivity contribution in [2.24, 2.45) is 4.99 Å². The van der Waals surface area contributed by atoms with Crippen LogP contribution in [0.3, 0.4) is 0 Å². The van der Waals surface area contributed by atoms with Crippen LogP contribution in [0, 0.1) is 0 Å². The molecule has 3 heteroatoms. The fourth-order valence-corrected chi connectivity index (χ4v) is 3.77. The number of hydrogen-bond acceptors (Lipinski definition) is 2. The minimum Gasteiger partial charge on any atom is -0.360 e. The highest BCUT2D eigenvalue weighted by Gasteiger charge is 2.23. The largest absolute Gasteiger partial charge is 0.360 e. The van der Waals surface area contributed by atoms with Crippen molar-refractivity contribution in [2.75, 3.05) is 5.75 Å². The van der Waals surface area contributed by atoms with Crippen molar-refractivity contribution in [3.05, 3.63) is 48.0 Å². The van der Waals surface area contributed by atoms with Crippen molar-refractivity contribution >= 4 is 27.7 Å². The molecule has 0 atom stereocenters. The maximum Gasteiger partial charge on any atom is 0.157 e. The number of thioether (sulfide) groups is 1. The van der Waals surface area contributed by atoms with Crippen LogP contribution in [0.2, 0.25) is 0 Å². The summed E-state index contributed by atoms with van der Waals surface area (Å²) >= 11 is 1.83. The first-order valence-electron chi connectivity index (χ1n) is 7.06. The van der Waals surface area contributed by atoms with Gasteiger partial charge in [0.05, 0.1) is 6.54 Å². The standard InChI is InChI=1S/C17H20N2S/c1-17(2)10-11-20-16(19-17)18-12-14-8-5-7-13-6-3-4-9-15(13)14/h3-9H,10-12H2,1-2H3,(H,18,19). The summed E-state index contributed by atoms with van der Waals surface area (Å²) < 4.78 is 0. The lowest BCUT2D eigenvalue weighted by Crippen LogP contribution is -2.46. The number of fused-ring (bicyclic) bond motifs is 1. The molecule has 2 nitrogen and oxygen atoms in total. The van der Waals surface area contributed by atoms with Crippen molar-refractivity contribution < 1.29 is 0 Å². The van der Waals surface area contributed by atoms with E-state index in [-0.39, 0.29) is 5.54 Å². The Bertz CT molecular complexity index is 641. The Hall–Kier alpha value is -1.48. The van der Waals surface area contributed by atoms with Crippen LogP contribution in [0.1, 0.15) is 25.8 Å². The number of nitrogens with zero attached hydrogens (tertiary/aromatic N) is 1. The van der Waals surface area contributed by atoms with Gasteiger partial charge >= 0.3 is 0 Å². The molecule has 2 aromatic rings. The van der Waals surface area contributed by atoms with Gasteiger partial charge in [0.15, 0.2) is 5.17 Å². The first-order valence-corrected chi connectivity index (χ1v) is 8.05. The van der Waals surface area contributed by atoms with E-state index in [4.69, 9.17) is 4.99 Å². The van der Waals surface area contributed by atoms with E-state index in [0.29, 0.717) is 0 Å². The van der Waals surface area contributed by atoms with Crippen LogP contribution < -0.4 is 5.32 Å². The molecule has 20 heavy (non-hydrogen) atoms. The minimum atomic E-state index is 0.169. The summed E-state index contributed by atoms with van der Waals surface area (Å²) in [7, 11) is 0. The Morgan fingerprint density at radius 3 is 2.80 bits per heavy atom. The average Bonchev–Trinajstić information content (AvgIpc) is 2.44. The second-order valence-corrected chi connectivity index (χ2v) is 6.95. The molecule has 1 saturated heterocycles. The Morgan fingerprint density at radius 1 is 1.15 bits per heavy atom. The van der Waals surface area contributed by atoms with Crippen molar-refractivity contribution in [2.45, 2.75) is 32.4 Å². The quantitative estimate of drug-likeness (QED) is 0.893. The number of aliphatic imine (C=N–C) groups is 1. The third-order valence-corrected chi connectivity index (χ3v) is 4.60. The molecule has 1 fully saturated rings. The summed E-state index contributed by atoms with van der Waals surface area (Å²) in [6.45, 7) is 5.22. The van der Waals surface area contributed by atoms with Crippen LogP contribution >= 0.6 is 11.8 Å². The smallest absolute Gasteiger partial charge is 0.157 e. The molecule has 0 aliphatic carbocycles. The highest BCUT2D eigenvalue weighted by Crippen LogP contribution is 2.23. The van der Waals surface area contributed by atoms with Crippen LogP contribution in [0.5, 0.6) is 0 Å². The highest BCUT2D eigenvalue weighted by atomic mass is 32.2. The lowest BCUT2D eigenvalue weighted by molar-refractivity contribution is 0.446. The lowest BCUT2D eigenvalue weighted by atomic mass is 10.0. The molecule has 1 aliphatic heterocycles. The third-order valence-electron chi connectivity index (χ3n) is 3.68. The van der Waals surface area contributed by atoms with Gasteiger partial charge in [-0.15, -0.1) is 0 Å². The molecule has 0 saturated carbocycles. The zero-order chi connectivity index (χ0) is 14.0. The highest BCUT2D eigenvalue weighted by molar-refractivity contribution is 8.13. The van der Waals surface area contributed by atoms with Crippen LogP contribution in [0.15, 0.2) is 47.5 Å². The second-order valence-electron chi connectivity index (χ2n) is 5.87. The van der Waals surface area contributed by atoms with E-state index in [9.17, 15) is 0 Å². The second kappa shape index (κ2) is 5.49. The number of nitrogens with one attached hydrogen (secondary N) is 1. The molecule has 0 aromatic heterocycles. The Balaban J connectivity index is 1.83. The summed E-state index contributed by atoms with van der Waals surface area (Å²) in [4.78, 5) is 4.77. The third kappa shape index (κ3) is 2.98. The van der Waals surface area contributed by atoms with Gasteiger partial charge in [0.2, 0.25) is 0 Å². The van der Waals surface area contributed by atoms with Gasteiger partial charge in [-0.2, -0.15) is 0 Å². The van der Waals surface area contributed by atoms with E-state index in [1.54, 1.807) is 0 Å². The van der Waals surface area contributed by atoms with Gasteiger partial charge in [-0.3, -0.25) is 4.99 Å². The minimum absolute atomic E-state index is 0.169. The predicted octanol–water partition coefficient (Wildman–Crippen LogP) is 4.20. The van der Waals surface area contributed by atoms with Crippen LogP contribution in [-0.2, 0) is 6.54 Å². The molecule has 2 aromatic carbocycles. The number of benzene rings is 2. The molecule has 1 aliphatic rings. The predicted molar refractivity (Wildman–Crippen MR) is 89.4 cm³/mol. The molecule has 1 heterocycles. The number of amidine groups is 1. The molecule has 0 radical (unpaired) electrons. The molecule has 1 N–H and O–H groups in total. The van der Waals surface area contributed by atoms with Gasteiger partial charge in [-0.25, -0.2) is 0 Å². The van der Waals surface area contributed by atoms with Gasteiger partial charge in [-0.05, 0) is 36.6 Å². The molecule has 0 bridgehead atoms. The molecule has 0 amide bonds. The van der Waals surface area contributed by atoms with E-state index in [1.807, 2.05) is 11.8 Å². The van der Waals surface area contributed by atoms with Gasteiger partial charge in [0.25, 0.3) is 0 Å². The molecular weight excluding hydrogens is 264 g/mol. The Morgan fingerprint density at radius 2 is 1.95 bits per heavy atom. The summed E-state index contributed by atoms with van der Waals surface area (Å²) in [5, 5.41) is 7.19. The zero-order valence-corrected chi connectivity index (χ0v) is 12.8. The van der Waals surface area contributed by atoms with Gasteiger partial charge < -0.3 is 5.32 Å². The van der Waals surface area contributed by atoms with Gasteiger partial charge in [0.1, 0.15) is 0 Å². The van der Waals surface area contributed by atoms with E-state index in [1.165, 1.54) is 22.8 Å². The Labute approximate surface area is 124 Å². The van der Waals surface area contributed by atoms with Crippen LogP contribution in [0.4, 0.5) is 0 Å². The van der Waals surface area contributed by atoms with Gasteiger partial charge in [-0.1, -0.05) is 54.2 Å². The zero-order valence-electron chi connectivity index (χ0n) is 12.0. The summed E-state index contributed by atoms with van der Waals surface area (Å²) in [5.74, 6) is 1.15. The molecule has 3 rings (SSSR count). The van der Waals surface area contributed by atoms with E-state index >= 15 is 0 Å². The van der Waals surface area contributed by atoms with Crippen molar-refractivity contribution in [3.63, 3.8) is 0 Å². The molecule has 0 spiro atoms. The summed E-state index contributed by atoms with van der Waals surface area (Å²) in [6, 6.07) is 14.9. The molecule has 104 valence electrons. The van der Waals surface area contributed by atoms with Gasteiger partial charge in [0, 0.05) is 11.3 Å². The van der Waals surface area contributed by atoms with E-state index in [2.05, 4.69) is 61.6 Å². The van der Waals surface area contributed by atoms with Crippen molar-refractivity contribution in [3.8, 4) is 0 Å².